The van der Waals surface area contributed by atoms with E-state index in [0.717, 1.165) is 12.8 Å². The van der Waals surface area contributed by atoms with Gasteiger partial charge in [-0.3, -0.25) is 13.9 Å². The maximum Gasteiger partial charge on any atom is 0.407 e. The molecule has 1 aromatic carbocycles. The highest BCUT2D eigenvalue weighted by Gasteiger charge is 2.31. The van der Waals surface area contributed by atoms with E-state index < -0.39 is 24.0 Å². The number of aryl methyl sites for hydroxylation is 1. The minimum absolute atomic E-state index is 0.291. The average Bonchev–Trinajstić information content (AvgIpc) is 3.05. The molecule has 3 N–H and O–H groups in total. The molecule has 2 atom stereocenters. The first-order valence-corrected chi connectivity index (χ1v) is 12.3. The molecule has 0 spiro atoms. The number of aliphatic hydroxyl groups excluding tert-OH is 1. The van der Waals surface area contributed by atoms with Gasteiger partial charge in [-0.15, -0.1) is 0 Å². The Kier molecular flexibility index (Phi) is 9.18. The summed E-state index contributed by atoms with van der Waals surface area (Å²) >= 11 is 0. The third-order valence-electron chi connectivity index (χ3n) is 5.72. The van der Waals surface area contributed by atoms with Crippen molar-refractivity contribution in [2.75, 3.05) is 19.8 Å². The third-order valence-corrected chi connectivity index (χ3v) is 5.72. The Bertz CT molecular complexity index is 1200. The van der Waals surface area contributed by atoms with Gasteiger partial charge in [0.1, 0.15) is 17.9 Å². The Hall–Kier alpha value is -3.29. The number of rotatable bonds is 8. The molecule has 2 aromatic rings. The zero-order chi connectivity index (χ0) is 26.3. The fourth-order valence-electron chi connectivity index (χ4n) is 4.08. The zero-order valence-electron chi connectivity index (χ0n) is 21.4. The van der Waals surface area contributed by atoms with Crippen LogP contribution in [0.25, 0.3) is 11.0 Å². The van der Waals surface area contributed by atoms with Gasteiger partial charge in [0.2, 0.25) is 5.91 Å². The van der Waals surface area contributed by atoms with Crippen LogP contribution < -0.4 is 16.3 Å². The van der Waals surface area contributed by atoms with Gasteiger partial charge in [0, 0.05) is 26.6 Å². The van der Waals surface area contributed by atoms with Gasteiger partial charge in [0.15, 0.2) is 0 Å². The van der Waals surface area contributed by atoms with Gasteiger partial charge in [-0.05, 0) is 58.6 Å². The van der Waals surface area contributed by atoms with Crippen molar-refractivity contribution in [2.24, 2.45) is 7.05 Å². The number of amides is 2. The molecule has 1 aliphatic rings. The van der Waals surface area contributed by atoms with Crippen LogP contribution in [-0.2, 0) is 21.3 Å². The highest BCUT2D eigenvalue weighted by Crippen LogP contribution is 2.25. The third kappa shape index (κ3) is 7.12. The molecule has 0 radical (unpaired) electrons. The van der Waals surface area contributed by atoms with Crippen molar-refractivity contribution >= 4 is 23.0 Å². The summed E-state index contributed by atoms with van der Waals surface area (Å²) < 4.78 is 13.8. The predicted octanol–water partition coefficient (Wildman–Crippen LogP) is 2.17. The van der Waals surface area contributed by atoms with E-state index in [0.29, 0.717) is 55.6 Å². The van der Waals surface area contributed by atoms with Crippen molar-refractivity contribution in [2.45, 2.75) is 70.7 Å². The Morgan fingerprint density at radius 1 is 1.22 bits per heavy atom. The molecule has 2 heterocycles. The van der Waals surface area contributed by atoms with Crippen LogP contribution in [-0.4, -0.2) is 57.8 Å². The van der Waals surface area contributed by atoms with E-state index in [2.05, 4.69) is 22.5 Å². The van der Waals surface area contributed by atoms with Gasteiger partial charge < -0.3 is 25.2 Å². The summed E-state index contributed by atoms with van der Waals surface area (Å²) in [6.07, 6.45) is 1.61. The molecule has 1 saturated heterocycles. The number of para-hydroxylation sites is 1. The molecule has 0 saturated carbocycles. The molecule has 36 heavy (non-hydrogen) atoms. The maximum atomic E-state index is 13.0. The summed E-state index contributed by atoms with van der Waals surface area (Å²) in [6, 6.07) is 4.81. The second-order valence-electron chi connectivity index (χ2n) is 9.80. The van der Waals surface area contributed by atoms with E-state index in [-0.39, 0.29) is 11.6 Å². The van der Waals surface area contributed by atoms with Gasteiger partial charge in [0.05, 0.1) is 23.2 Å². The topological polar surface area (TPSA) is 124 Å². The SMILES string of the molecule is Cn1c(=O)n(C2CCC(O)NC2=O)c2cccc(C#CCCOCCCCNC(=O)OC(C)(C)C)c21. The Morgan fingerprint density at radius 3 is 2.72 bits per heavy atom. The van der Waals surface area contributed by atoms with Gasteiger partial charge >= 0.3 is 11.8 Å². The number of nitrogens with zero attached hydrogens (tertiary/aromatic N) is 2. The van der Waals surface area contributed by atoms with Gasteiger partial charge in [-0.1, -0.05) is 17.9 Å². The first-order chi connectivity index (χ1) is 17.1. The highest BCUT2D eigenvalue weighted by atomic mass is 16.6. The number of alkyl carbamates (subject to hydrolysis) is 1. The molecule has 2 unspecified atom stereocenters. The monoisotopic (exact) mass is 500 g/mol. The maximum absolute atomic E-state index is 13.0. The fourth-order valence-corrected chi connectivity index (χ4v) is 4.08. The number of carbonyl (C=O) groups excluding carboxylic acids is 2. The highest BCUT2D eigenvalue weighted by molar-refractivity contribution is 5.87. The lowest BCUT2D eigenvalue weighted by atomic mass is 10.0. The van der Waals surface area contributed by atoms with Crippen LogP contribution in [0.1, 0.15) is 64.5 Å². The van der Waals surface area contributed by atoms with Crippen LogP contribution in [0.2, 0.25) is 0 Å². The number of hydrogen-bond acceptors (Lipinski definition) is 6. The Morgan fingerprint density at radius 2 is 2.00 bits per heavy atom. The lowest BCUT2D eigenvalue weighted by molar-refractivity contribution is -0.130. The van der Waals surface area contributed by atoms with Crippen molar-refractivity contribution in [3.63, 3.8) is 0 Å². The lowest BCUT2D eigenvalue weighted by Crippen LogP contribution is -2.46. The first-order valence-electron chi connectivity index (χ1n) is 12.3. The summed E-state index contributed by atoms with van der Waals surface area (Å²) in [4.78, 5) is 37.0. The normalized spacial score (nSPS) is 17.9. The number of unbranched alkanes of at least 4 members (excludes halogenated alkanes) is 1. The molecule has 3 rings (SSSR count). The minimum atomic E-state index is -0.878. The van der Waals surface area contributed by atoms with Crippen molar-refractivity contribution in [1.82, 2.24) is 19.8 Å². The molecular formula is C26H36N4O6. The van der Waals surface area contributed by atoms with Crippen molar-refractivity contribution in [1.29, 1.82) is 0 Å². The quantitative estimate of drug-likeness (QED) is 0.377. The van der Waals surface area contributed by atoms with E-state index in [9.17, 15) is 19.5 Å². The zero-order valence-corrected chi connectivity index (χ0v) is 21.4. The van der Waals surface area contributed by atoms with E-state index >= 15 is 0 Å². The molecule has 10 nitrogen and oxygen atoms in total. The summed E-state index contributed by atoms with van der Waals surface area (Å²) in [7, 11) is 1.67. The van der Waals surface area contributed by atoms with Crippen LogP contribution in [0.4, 0.5) is 4.79 Å². The number of nitrogens with one attached hydrogen (secondary N) is 2. The number of piperidine rings is 1. The summed E-state index contributed by atoms with van der Waals surface area (Å²) in [5, 5.41) is 14.9. The average molecular weight is 501 g/mol. The smallest absolute Gasteiger partial charge is 0.407 e. The number of benzene rings is 1. The minimum Gasteiger partial charge on any atom is -0.444 e. The summed E-state index contributed by atoms with van der Waals surface area (Å²) in [5.41, 5.74) is 1.22. The molecule has 0 aliphatic carbocycles. The van der Waals surface area contributed by atoms with Crippen LogP contribution in [0.15, 0.2) is 23.0 Å². The number of carbonyl (C=O) groups is 2. The number of fused-ring (bicyclic) bond motifs is 1. The van der Waals surface area contributed by atoms with E-state index in [1.165, 1.54) is 9.13 Å². The second-order valence-corrected chi connectivity index (χ2v) is 9.80. The van der Waals surface area contributed by atoms with Crippen molar-refractivity contribution in [3.8, 4) is 11.8 Å². The summed E-state index contributed by atoms with van der Waals surface area (Å²) in [6.45, 7) is 7.06. The number of hydrogen-bond donors (Lipinski definition) is 3. The molecule has 1 aliphatic heterocycles. The van der Waals surface area contributed by atoms with E-state index in [1.807, 2.05) is 32.9 Å². The van der Waals surface area contributed by atoms with Crippen LogP contribution in [0.3, 0.4) is 0 Å². The predicted molar refractivity (Wildman–Crippen MR) is 135 cm³/mol. The van der Waals surface area contributed by atoms with Gasteiger partial charge in [0.25, 0.3) is 0 Å². The first kappa shape index (κ1) is 27.3. The van der Waals surface area contributed by atoms with Crippen LogP contribution in [0, 0.1) is 11.8 Å². The fraction of sp³-hybridized carbons (Fsp3) is 0.577. The van der Waals surface area contributed by atoms with E-state index in [4.69, 9.17) is 9.47 Å². The largest absolute Gasteiger partial charge is 0.444 e. The molecule has 1 aromatic heterocycles. The number of aliphatic hydroxyl groups is 1. The van der Waals surface area contributed by atoms with Crippen LogP contribution in [0.5, 0.6) is 0 Å². The van der Waals surface area contributed by atoms with Gasteiger partial charge in [-0.2, -0.15) is 0 Å². The molecule has 10 heteroatoms. The van der Waals surface area contributed by atoms with Gasteiger partial charge in [-0.25, -0.2) is 9.59 Å². The standard InChI is InChI=1S/C26H36N4O6/c1-26(2,3)36-24(33)27-15-6-8-17-35-16-7-5-10-18-11-9-12-19-22(18)29(4)25(34)30(19)20-13-14-21(31)28-23(20)32/h9,11-12,20-21,31H,6-8,13-17H2,1-4H3,(H,27,33)(H,28,32). The van der Waals surface area contributed by atoms with E-state index in [1.54, 1.807) is 13.1 Å². The number of ether oxygens (including phenoxy) is 2. The molecule has 196 valence electrons. The van der Waals surface area contributed by atoms with Crippen LogP contribution >= 0.6 is 0 Å². The number of imidazole rings is 1. The second kappa shape index (κ2) is 12.1. The molecule has 0 bridgehead atoms. The lowest BCUT2D eigenvalue weighted by Gasteiger charge is -2.26. The van der Waals surface area contributed by atoms with Crippen molar-refractivity contribution < 1.29 is 24.2 Å². The molecule has 1 fully saturated rings. The Labute approximate surface area is 210 Å². The Balaban J connectivity index is 1.50. The molecule has 2 amide bonds. The summed E-state index contributed by atoms with van der Waals surface area (Å²) in [5.74, 6) is 5.86. The molecular weight excluding hydrogens is 464 g/mol. The number of aromatic nitrogens is 2. The van der Waals surface area contributed by atoms with Crippen molar-refractivity contribution in [3.05, 3.63) is 34.2 Å².